The van der Waals surface area contributed by atoms with E-state index in [4.69, 9.17) is 0 Å². The summed E-state index contributed by atoms with van der Waals surface area (Å²) in [6.07, 6.45) is 1.34. The van der Waals surface area contributed by atoms with Gasteiger partial charge in [0.05, 0.1) is 4.47 Å². The van der Waals surface area contributed by atoms with Gasteiger partial charge in [-0.3, -0.25) is 9.59 Å². The Labute approximate surface area is 116 Å². The highest BCUT2D eigenvalue weighted by molar-refractivity contribution is 9.10. The Balaban J connectivity index is 2.25. The van der Waals surface area contributed by atoms with Gasteiger partial charge < -0.3 is 10.3 Å². The third-order valence-electron chi connectivity index (χ3n) is 2.48. The molecule has 1 aromatic carbocycles. The smallest absolute Gasteiger partial charge is 0.261 e. The van der Waals surface area contributed by atoms with Crippen molar-refractivity contribution in [1.29, 1.82) is 0 Å². The van der Waals surface area contributed by atoms with Gasteiger partial charge in [-0.15, -0.1) is 0 Å². The van der Waals surface area contributed by atoms with Crippen molar-refractivity contribution in [2.45, 2.75) is 6.92 Å². The molecule has 1 amide bonds. The van der Waals surface area contributed by atoms with Crippen LogP contribution in [0.3, 0.4) is 0 Å². The highest BCUT2D eigenvalue weighted by Crippen LogP contribution is 2.19. The van der Waals surface area contributed by atoms with Crippen molar-refractivity contribution in [3.63, 3.8) is 0 Å². The van der Waals surface area contributed by atoms with Gasteiger partial charge in [0.25, 0.3) is 5.91 Å². The summed E-state index contributed by atoms with van der Waals surface area (Å²) in [5, 5.41) is 2.47. The van der Waals surface area contributed by atoms with Crippen LogP contribution in [-0.4, -0.2) is 10.9 Å². The standard InChI is InChI=1S/C13H10BrFN2O2/c1-7-4-12(18)9(6-16-7)13(19)17-8-2-3-10(14)11(15)5-8/h2-6H,1H3,(H,16,18)(H,17,19). The van der Waals surface area contributed by atoms with Gasteiger partial charge in [-0.05, 0) is 41.1 Å². The van der Waals surface area contributed by atoms with Crippen molar-refractivity contribution in [3.8, 4) is 0 Å². The summed E-state index contributed by atoms with van der Waals surface area (Å²) in [4.78, 5) is 26.3. The number of halogens is 2. The second-order valence-electron chi connectivity index (χ2n) is 3.98. The predicted molar refractivity (Wildman–Crippen MR) is 73.9 cm³/mol. The maximum absolute atomic E-state index is 13.3. The fraction of sp³-hybridized carbons (Fsp3) is 0.0769. The molecule has 2 N–H and O–H groups in total. The first-order chi connectivity index (χ1) is 8.97. The summed E-state index contributed by atoms with van der Waals surface area (Å²) in [5.74, 6) is -1.07. The van der Waals surface area contributed by atoms with Crippen LogP contribution < -0.4 is 10.7 Å². The van der Waals surface area contributed by atoms with E-state index in [1.807, 2.05) is 0 Å². The number of H-pyrrole nitrogens is 1. The average Bonchev–Trinajstić information content (AvgIpc) is 2.33. The molecule has 0 atom stereocenters. The molecule has 4 nitrogen and oxygen atoms in total. The molecular formula is C13H10BrFN2O2. The van der Waals surface area contributed by atoms with Crippen molar-refractivity contribution >= 4 is 27.5 Å². The van der Waals surface area contributed by atoms with Crippen LogP contribution in [0.4, 0.5) is 10.1 Å². The quantitative estimate of drug-likeness (QED) is 0.892. The molecule has 0 fully saturated rings. The molecule has 0 bridgehead atoms. The normalized spacial score (nSPS) is 10.3. The molecule has 2 rings (SSSR count). The van der Waals surface area contributed by atoms with E-state index in [1.54, 1.807) is 6.92 Å². The van der Waals surface area contributed by atoms with Crippen molar-refractivity contribution < 1.29 is 9.18 Å². The molecule has 6 heteroatoms. The van der Waals surface area contributed by atoms with Gasteiger partial charge in [-0.25, -0.2) is 4.39 Å². The minimum Gasteiger partial charge on any atom is -0.364 e. The SMILES string of the molecule is Cc1cc(=O)c(C(=O)Nc2ccc(Br)c(F)c2)c[nH]1. The summed E-state index contributed by atoms with van der Waals surface area (Å²) >= 11 is 3.02. The molecule has 0 aliphatic heterocycles. The van der Waals surface area contributed by atoms with Crippen molar-refractivity contribution in [1.82, 2.24) is 4.98 Å². The number of benzene rings is 1. The first kappa shape index (κ1) is 13.5. The Morgan fingerprint density at radius 2 is 2.11 bits per heavy atom. The third-order valence-corrected chi connectivity index (χ3v) is 3.12. The Morgan fingerprint density at radius 3 is 2.74 bits per heavy atom. The van der Waals surface area contributed by atoms with Crippen molar-refractivity contribution in [2.75, 3.05) is 5.32 Å². The predicted octanol–water partition coefficient (Wildman–Crippen LogP) is 2.84. The van der Waals surface area contributed by atoms with Gasteiger partial charge in [0.15, 0.2) is 5.43 Å². The number of anilines is 1. The van der Waals surface area contributed by atoms with Gasteiger partial charge in [-0.1, -0.05) is 0 Å². The molecule has 1 heterocycles. The Kier molecular flexibility index (Phi) is 3.80. The number of carbonyl (C=O) groups is 1. The van der Waals surface area contributed by atoms with Crippen LogP contribution in [0.15, 0.2) is 39.7 Å². The van der Waals surface area contributed by atoms with Crippen LogP contribution in [-0.2, 0) is 0 Å². The number of hydrogen-bond donors (Lipinski definition) is 2. The van der Waals surface area contributed by atoms with Gasteiger partial charge in [-0.2, -0.15) is 0 Å². The maximum atomic E-state index is 13.3. The van der Waals surface area contributed by atoms with Crippen LogP contribution >= 0.6 is 15.9 Å². The van der Waals surface area contributed by atoms with Crippen LogP contribution in [0.1, 0.15) is 16.1 Å². The number of aromatic nitrogens is 1. The van der Waals surface area contributed by atoms with E-state index in [1.165, 1.54) is 30.5 Å². The number of nitrogens with one attached hydrogen (secondary N) is 2. The lowest BCUT2D eigenvalue weighted by Crippen LogP contribution is -2.21. The van der Waals surface area contributed by atoms with Crippen LogP contribution in [0, 0.1) is 12.7 Å². The molecule has 2 aromatic rings. The van der Waals surface area contributed by atoms with Gasteiger partial charge in [0, 0.05) is 23.6 Å². The third kappa shape index (κ3) is 3.08. The number of amides is 1. The number of hydrogen-bond acceptors (Lipinski definition) is 2. The molecule has 0 saturated carbocycles. The highest BCUT2D eigenvalue weighted by atomic mass is 79.9. The number of aryl methyl sites for hydroxylation is 1. The lowest BCUT2D eigenvalue weighted by molar-refractivity contribution is 0.102. The van der Waals surface area contributed by atoms with E-state index in [0.717, 1.165) is 0 Å². The number of rotatable bonds is 2. The van der Waals surface area contributed by atoms with Crippen molar-refractivity contribution in [3.05, 3.63) is 62.2 Å². The summed E-state index contributed by atoms with van der Waals surface area (Å²) in [7, 11) is 0. The molecule has 0 unspecified atom stereocenters. The van der Waals surface area contributed by atoms with Crippen LogP contribution in [0.2, 0.25) is 0 Å². The average molecular weight is 325 g/mol. The van der Waals surface area contributed by atoms with Crippen molar-refractivity contribution in [2.24, 2.45) is 0 Å². The number of carbonyl (C=O) groups excluding carboxylic acids is 1. The second-order valence-corrected chi connectivity index (χ2v) is 4.83. The molecule has 19 heavy (non-hydrogen) atoms. The molecule has 0 saturated heterocycles. The number of aromatic amines is 1. The molecule has 0 aliphatic rings. The first-order valence-corrected chi connectivity index (χ1v) is 6.22. The number of pyridine rings is 1. The Morgan fingerprint density at radius 1 is 1.37 bits per heavy atom. The summed E-state index contributed by atoms with van der Waals surface area (Å²) in [5.41, 5.74) is 0.544. The van der Waals surface area contributed by atoms with E-state index < -0.39 is 11.7 Å². The highest BCUT2D eigenvalue weighted by Gasteiger charge is 2.11. The zero-order chi connectivity index (χ0) is 14.0. The van der Waals surface area contributed by atoms with Crippen LogP contribution in [0.5, 0.6) is 0 Å². The zero-order valence-electron chi connectivity index (χ0n) is 9.96. The van der Waals surface area contributed by atoms with E-state index in [-0.39, 0.29) is 16.7 Å². The second kappa shape index (κ2) is 5.36. The van der Waals surface area contributed by atoms with Crippen LogP contribution in [0.25, 0.3) is 0 Å². The largest absolute Gasteiger partial charge is 0.364 e. The lowest BCUT2D eigenvalue weighted by Gasteiger charge is -2.05. The Bertz CT molecular complexity index is 697. The minimum absolute atomic E-state index is 0.0195. The minimum atomic E-state index is -0.581. The fourth-order valence-corrected chi connectivity index (χ4v) is 1.77. The molecule has 1 aromatic heterocycles. The lowest BCUT2D eigenvalue weighted by atomic mass is 10.2. The van der Waals surface area contributed by atoms with Gasteiger partial charge in [0.2, 0.25) is 0 Å². The Hall–Kier alpha value is -1.95. The molecular weight excluding hydrogens is 315 g/mol. The first-order valence-electron chi connectivity index (χ1n) is 5.43. The van der Waals surface area contributed by atoms with E-state index in [0.29, 0.717) is 10.2 Å². The molecule has 98 valence electrons. The molecule has 0 radical (unpaired) electrons. The van der Waals surface area contributed by atoms with E-state index in [9.17, 15) is 14.0 Å². The summed E-state index contributed by atoms with van der Waals surface area (Å²) < 4.78 is 13.6. The van der Waals surface area contributed by atoms with Gasteiger partial charge in [0.1, 0.15) is 11.4 Å². The topological polar surface area (TPSA) is 62.0 Å². The monoisotopic (exact) mass is 324 g/mol. The van der Waals surface area contributed by atoms with E-state index >= 15 is 0 Å². The fourth-order valence-electron chi connectivity index (χ4n) is 1.52. The van der Waals surface area contributed by atoms with E-state index in [2.05, 4.69) is 26.2 Å². The maximum Gasteiger partial charge on any atom is 0.261 e. The summed E-state index contributed by atoms with van der Waals surface area (Å²) in [6, 6.07) is 5.51. The summed E-state index contributed by atoms with van der Waals surface area (Å²) in [6.45, 7) is 1.72. The zero-order valence-corrected chi connectivity index (χ0v) is 11.5. The molecule has 0 aliphatic carbocycles. The van der Waals surface area contributed by atoms with Gasteiger partial charge >= 0.3 is 0 Å². The molecule has 0 spiro atoms.